The number of hydrogen-bond donors (Lipinski definition) is 3. The SMILES string of the molecule is COc1ccc(Cl)cc1N/C=C(/C#N)C(=O)NCCCC(=O)O. The fourth-order valence-corrected chi connectivity index (χ4v) is 1.80. The van der Waals surface area contributed by atoms with Crippen LogP contribution in [-0.4, -0.2) is 30.6 Å². The van der Waals surface area contributed by atoms with Crippen LogP contribution in [0.1, 0.15) is 12.8 Å². The lowest BCUT2D eigenvalue weighted by atomic mass is 10.2. The van der Waals surface area contributed by atoms with Crippen LogP contribution in [0.25, 0.3) is 0 Å². The molecule has 0 aliphatic rings. The van der Waals surface area contributed by atoms with Crippen LogP contribution in [0.15, 0.2) is 30.0 Å². The van der Waals surface area contributed by atoms with E-state index in [2.05, 4.69) is 10.6 Å². The Balaban J connectivity index is 2.69. The monoisotopic (exact) mass is 337 g/mol. The molecule has 3 N–H and O–H groups in total. The van der Waals surface area contributed by atoms with Gasteiger partial charge >= 0.3 is 5.97 Å². The molecule has 0 unspecified atom stereocenters. The van der Waals surface area contributed by atoms with Crippen molar-refractivity contribution in [2.75, 3.05) is 19.0 Å². The van der Waals surface area contributed by atoms with Crippen LogP contribution in [0, 0.1) is 11.3 Å². The van der Waals surface area contributed by atoms with Gasteiger partial charge in [0.25, 0.3) is 5.91 Å². The summed E-state index contributed by atoms with van der Waals surface area (Å²) in [5, 5.41) is 23.3. The third-order valence-corrected chi connectivity index (χ3v) is 2.99. The molecule has 0 bridgehead atoms. The van der Waals surface area contributed by atoms with Crippen LogP contribution < -0.4 is 15.4 Å². The van der Waals surface area contributed by atoms with E-state index >= 15 is 0 Å². The van der Waals surface area contributed by atoms with E-state index in [1.807, 2.05) is 0 Å². The first-order valence-electron chi connectivity index (χ1n) is 6.68. The Kier molecular flexibility index (Phi) is 7.43. The molecular weight excluding hydrogens is 322 g/mol. The molecule has 0 heterocycles. The van der Waals surface area contributed by atoms with Gasteiger partial charge in [0.15, 0.2) is 0 Å². The summed E-state index contributed by atoms with van der Waals surface area (Å²) in [7, 11) is 1.48. The molecule has 0 radical (unpaired) electrons. The number of hydrogen-bond acceptors (Lipinski definition) is 5. The van der Waals surface area contributed by atoms with Gasteiger partial charge in [-0.05, 0) is 24.6 Å². The molecule has 0 saturated heterocycles. The summed E-state index contributed by atoms with van der Waals surface area (Å²) in [5.41, 5.74) is 0.355. The van der Waals surface area contributed by atoms with Crippen molar-refractivity contribution in [1.82, 2.24) is 5.32 Å². The zero-order valence-electron chi connectivity index (χ0n) is 12.4. The van der Waals surface area contributed by atoms with Gasteiger partial charge in [0.05, 0.1) is 12.8 Å². The molecule has 8 heteroatoms. The van der Waals surface area contributed by atoms with Crippen molar-refractivity contribution in [2.24, 2.45) is 0 Å². The highest BCUT2D eigenvalue weighted by molar-refractivity contribution is 6.30. The van der Waals surface area contributed by atoms with Crippen LogP contribution in [0.3, 0.4) is 0 Å². The average molecular weight is 338 g/mol. The quantitative estimate of drug-likeness (QED) is 0.381. The van der Waals surface area contributed by atoms with Crippen LogP contribution in [0.5, 0.6) is 5.75 Å². The molecule has 7 nitrogen and oxygen atoms in total. The third kappa shape index (κ3) is 6.28. The number of nitriles is 1. The van der Waals surface area contributed by atoms with Gasteiger partial charge in [0.1, 0.15) is 17.4 Å². The number of carboxylic acids is 1. The number of aliphatic carboxylic acids is 1. The predicted octanol–water partition coefficient (Wildman–Crippen LogP) is 2.15. The number of nitrogens with one attached hydrogen (secondary N) is 2. The van der Waals surface area contributed by atoms with Crippen molar-refractivity contribution in [3.63, 3.8) is 0 Å². The standard InChI is InChI=1S/C15H16ClN3O4/c1-23-13-5-4-11(16)7-12(13)19-9-10(8-17)15(22)18-6-2-3-14(20)21/h4-5,7,9,19H,2-3,6H2,1H3,(H,18,22)(H,20,21)/b10-9-. The average Bonchev–Trinajstić information content (AvgIpc) is 2.52. The number of carboxylic acid groups (broad SMARTS) is 1. The topological polar surface area (TPSA) is 111 Å². The number of anilines is 1. The fourth-order valence-electron chi connectivity index (χ4n) is 1.63. The molecular formula is C15H16ClN3O4. The van der Waals surface area contributed by atoms with Crippen molar-refractivity contribution in [3.05, 3.63) is 35.0 Å². The number of benzene rings is 1. The van der Waals surface area contributed by atoms with Gasteiger partial charge in [-0.3, -0.25) is 9.59 Å². The van der Waals surface area contributed by atoms with Crippen molar-refractivity contribution in [1.29, 1.82) is 5.26 Å². The number of amides is 1. The van der Waals surface area contributed by atoms with Gasteiger partial charge in [-0.1, -0.05) is 11.6 Å². The summed E-state index contributed by atoms with van der Waals surface area (Å²) in [5.74, 6) is -1.03. The molecule has 1 amide bonds. The largest absolute Gasteiger partial charge is 0.495 e. The van der Waals surface area contributed by atoms with Crippen molar-refractivity contribution >= 4 is 29.2 Å². The zero-order chi connectivity index (χ0) is 17.2. The highest BCUT2D eigenvalue weighted by atomic mass is 35.5. The van der Waals surface area contributed by atoms with E-state index in [4.69, 9.17) is 26.7 Å². The fraction of sp³-hybridized carbons (Fsp3) is 0.267. The second kappa shape index (κ2) is 9.33. The predicted molar refractivity (Wildman–Crippen MR) is 85.2 cm³/mol. The summed E-state index contributed by atoms with van der Waals surface area (Å²) in [4.78, 5) is 22.2. The molecule has 0 fully saturated rings. The minimum Gasteiger partial charge on any atom is -0.495 e. The van der Waals surface area contributed by atoms with Gasteiger partial charge in [0, 0.05) is 24.2 Å². The Morgan fingerprint density at radius 1 is 1.48 bits per heavy atom. The Bertz CT molecular complexity index is 653. The first kappa shape index (κ1) is 18.3. The molecule has 0 aromatic heterocycles. The van der Waals surface area contributed by atoms with Crippen molar-refractivity contribution < 1.29 is 19.4 Å². The Morgan fingerprint density at radius 3 is 2.83 bits per heavy atom. The highest BCUT2D eigenvalue weighted by Gasteiger charge is 2.09. The van der Waals surface area contributed by atoms with Gasteiger partial charge in [-0.2, -0.15) is 5.26 Å². The molecule has 0 aliphatic heterocycles. The molecule has 1 aromatic carbocycles. The number of rotatable bonds is 8. The molecule has 0 saturated carbocycles. The maximum atomic E-state index is 11.8. The number of methoxy groups -OCH3 is 1. The van der Waals surface area contributed by atoms with E-state index in [1.165, 1.54) is 13.3 Å². The van der Waals surface area contributed by atoms with E-state index in [0.29, 0.717) is 16.5 Å². The van der Waals surface area contributed by atoms with E-state index in [1.54, 1.807) is 24.3 Å². The second-order valence-electron chi connectivity index (χ2n) is 4.41. The van der Waals surface area contributed by atoms with E-state index in [9.17, 15) is 9.59 Å². The smallest absolute Gasteiger partial charge is 0.303 e. The first-order chi connectivity index (χ1) is 11.0. The number of carbonyl (C=O) groups is 2. The molecule has 0 spiro atoms. The molecule has 1 rings (SSSR count). The van der Waals surface area contributed by atoms with Crippen LogP contribution >= 0.6 is 11.6 Å². The third-order valence-electron chi connectivity index (χ3n) is 2.75. The van der Waals surface area contributed by atoms with Crippen LogP contribution in [-0.2, 0) is 9.59 Å². The first-order valence-corrected chi connectivity index (χ1v) is 7.06. The van der Waals surface area contributed by atoms with E-state index in [-0.39, 0.29) is 25.0 Å². The number of halogens is 1. The van der Waals surface area contributed by atoms with Gasteiger partial charge in [-0.25, -0.2) is 0 Å². The Hall–Kier alpha value is -2.72. The summed E-state index contributed by atoms with van der Waals surface area (Å²) in [6.07, 6.45) is 1.47. The lowest BCUT2D eigenvalue weighted by molar-refractivity contribution is -0.137. The van der Waals surface area contributed by atoms with Gasteiger partial charge in [-0.15, -0.1) is 0 Å². The zero-order valence-corrected chi connectivity index (χ0v) is 13.2. The number of nitrogens with zero attached hydrogens (tertiary/aromatic N) is 1. The van der Waals surface area contributed by atoms with Gasteiger partial charge < -0.3 is 20.5 Å². The lowest BCUT2D eigenvalue weighted by Crippen LogP contribution is -2.26. The second-order valence-corrected chi connectivity index (χ2v) is 4.85. The lowest BCUT2D eigenvalue weighted by Gasteiger charge is -2.09. The van der Waals surface area contributed by atoms with Crippen LogP contribution in [0.2, 0.25) is 5.02 Å². The number of carbonyl (C=O) groups excluding carboxylic acids is 1. The highest BCUT2D eigenvalue weighted by Crippen LogP contribution is 2.27. The van der Waals surface area contributed by atoms with Crippen LogP contribution in [0.4, 0.5) is 5.69 Å². The summed E-state index contributed by atoms with van der Waals surface area (Å²) < 4.78 is 5.14. The maximum absolute atomic E-state index is 11.8. The maximum Gasteiger partial charge on any atom is 0.303 e. The summed E-state index contributed by atoms with van der Waals surface area (Å²) >= 11 is 5.89. The van der Waals surface area contributed by atoms with E-state index in [0.717, 1.165) is 0 Å². The summed E-state index contributed by atoms with van der Waals surface area (Å²) in [6.45, 7) is 0.171. The molecule has 23 heavy (non-hydrogen) atoms. The van der Waals surface area contributed by atoms with Crippen molar-refractivity contribution in [2.45, 2.75) is 12.8 Å². The molecule has 0 aliphatic carbocycles. The van der Waals surface area contributed by atoms with E-state index < -0.39 is 11.9 Å². The summed E-state index contributed by atoms with van der Waals surface area (Å²) in [6, 6.07) is 6.66. The molecule has 122 valence electrons. The van der Waals surface area contributed by atoms with Gasteiger partial charge in [0.2, 0.25) is 0 Å². The van der Waals surface area contributed by atoms with Crippen molar-refractivity contribution in [3.8, 4) is 11.8 Å². The normalized spacial score (nSPS) is 10.6. The Labute approximate surface area is 138 Å². The molecule has 0 atom stereocenters. The molecule has 1 aromatic rings. The Morgan fingerprint density at radius 2 is 2.22 bits per heavy atom. The minimum absolute atomic E-state index is 0.0517. The number of ether oxygens (including phenoxy) is 1. The minimum atomic E-state index is -0.940.